The number of carbonyl (C=O) groups excluding carboxylic acids is 3. The summed E-state index contributed by atoms with van der Waals surface area (Å²) in [4.78, 5) is 39.9. The van der Waals surface area contributed by atoms with E-state index in [0.29, 0.717) is 18.4 Å². The number of aromatic nitrogens is 1. The standard InChI is InChI=1S/C40H41N3O5/c1-26(27-13-6-5-7-14-27)41-37(44)35(22-21-28-15-12-20-36-29(28)23-24-43(36)39(46)48-40(2,3)4)42-38(45)47-25-34-32-18-10-8-16-30(32)31-17-9-11-19-33(31)34/h5-20,23-24,26,34-35H,21-22,25H2,1-4H3,(H,41,44)(H,42,45)/t26-,35-/m0/s1. The highest BCUT2D eigenvalue weighted by Crippen LogP contribution is 2.44. The number of nitrogens with one attached hydrogen (secondary N) is 2. The molecule has 1 aliphatic rings. The molecule has 5 aromatic rings. The van der Waals surface area contributed by atoms with Crippen LogP contribution in [0.2, 0.25) is 0 Å². The van der Waals surface area contributed by atoms with Crippen molar-refractivity contribution in [1.29, 1.82) is 0 Å². The zero-order chi connectivity index (χ0) is 33.8. The molecule has 8 nitrogen and oxygen atoms in total. The number of aryl methyl sites for hydroxylation is 1. The Morgan fingerprint density at radius 1 is 0.792 bits per heavy atom. The van der Waals surface area contributed by atoms with Crippen LogP contribution in [0.25, 0.3) is 22.0 Å². The molecule has 0 fully saturated rings. The molecule has 0 aliphatic heterocycles. The van der Waals surface area contributed by atoms with E-state index in [2.05, 4.69) is 34.9 Å². The third-order valence-electron chi connectivity index (χ3n) is 8.73. The summed E-state index contributed by atoms with van der Waals surface area (Å²) in [5, 5.41) is 6.80. The number of carbonyl (C=O) groups is 3. The lowest BCUT2D eigenvalue weighted by Gasteiger charge is -2.22. The van der Waals surface area contributed by atoms with E-state index < -0.39 is 23.8 Å². The predicted octanol–water partition coefficient (Wildman–Crippen LogP) is 8.14. The third-order valence-corrected chi connectivity index (χ3v) is 8.73. The summed E-state index contributed by atoms with van der Waals surface area (Å²) in [6.07, 6.45) is 1.37. The fourth-order valence-corrected chi connectivity index (χ4v) is 6.41. The third kappa shape index (κ3) is 7.13. The van der Waals surface area contributed by atoms with E-state index in [1.54, 1.807) is 6.20 Å². The minimum atomic E-state index is -0.866. The van der Waals surface area contributed by atoms with Crippen LogP contribution in [0.3, 0.4) is 0 Å². The van der Waals surface area contributed by atoms with Crippen molar-refractivity contribution in [1.82, 2.24) is 15.2 Å². The second kappa shape index (κ2) is 13.8. The number of fused-ring (bicyclic) bond motifs is 4. The SMILES string of the molecule is C[C@H](NC(=O)[C@H](CCc1cccc2c1ccn2C(=O)OC(C)(C)C)NC(=O)OCC1c2ccccc2-c2ccccc21)c1ccccc1. The molecule has 4 aromatic carbocycles. The molecule has 2 atom stereocenters. The lowest BCUT2D eigenvalue weighted by Crippen LogP contribution is -2.48. The van der Waals surface area contributed by atoms with Crippen molar-refractivity contribution in [3.8, 4) is 11.1 Å². The Kier molecular flexibility index (Phi) is 9.35. The highest BCUT2D eigenvalue weighted by molar-refractivity contribution is 5.92. The first kappa shape index (κ1) is 32.6. The van der Waals surface area contributed by atoms with Crippen molar-refractivity contribution >= 4 is 29.0 Å². The van der Waals surface area contributed by atoms with Gasteiger partial charge < -0.3 is 20.1 Å². The predicted molar refractivity (Wildman–Crippen MR) is 187 cm³/mol. The van der Waals surface area contributed by atoms with Gasteiger partial charge in [-0.1, -0.05) is 91.0 Å². The Morgan fingerprint density at radius 2 is 1.44 bits per heavy atom. The van der Waals surface area contributed by atoms with Crippen LogP contribution in [0, 0.1) is 0 Å². The summed E-state index contributed by atoms with van der Waals surface area (Å²) < 4.78 is 12.9. The van der Waals surface area contributed by atoms with Crippen LogP contribution < -0.4 is 10.6 Å². The summed E-state index contributed by atoms with van der Waals surface area (Å²) in [5.41, 5.74) is 6.50. The molecule has 2 amide bonds. The molecule has 0 saturated heterocycles. The molecular formula is C40H41N3O5. The highest BCUT2D eigenvalue weighted by atomic mass is 16.6. The topological polar surface area (TPSA) is 98.7 Å². The van der Waals surface area contributed by atoms with E-state index in [9.17, 15) is 14.4 Å². The van der Waals surface area contributed by atoms with Crippen molar-refractivity contribution in [2.24, 2.45) is 0 Å². The normalized spacial score (nSPS) is 13.7. The number of ether oxygens (including phenoxy) is 2. The van der Waals surface area contributed by atoms with E-state index in [1.165, 1.54) is 4.57 Å². The first-order chi connectivity index (χ1) is 23.1. The van der Waals surface area contributed by atoms with Crippen LogP contribution in [0.15, 0.2) is 109 Å². The molecule has 0 saturated carbocycles. The van der Waals surface area contributed by atoms with Gasteiger partial charge in [-0.2, -0.15) is 0 Å². The van der Waals surface area contributed by atoms with E-state index in [-0.39, 0.29) is 24.5 Å². The molecule has 1 heterocycles. The van der Waals surface area contributed by atoms with E-state index in [0.717, 1.165) is 38.8 Å². The van der Waals surface area contributed by atoms with Crippen LogP contribution >= 0.6 is 0 Å². The van der Waals surface area contributed by atoms with E-state index in [4.69, 9.17) is 9.47 Å². The highest BCUT2D eigenvalue weighted by Gasteiger charge is 2.30. The average Bonchev–Trinajstić information content (AvgIpc) is 3.65. The Bertz CT molecular complexity index is 1900. The summed E-state index contributed by atoms with van der Waals surface area (Å²) in [7, 11) is 0. The molecule has 0 bridgehead atoms. The molecule has 48 heavy (non-hydrogen) atoms. The summed E-state index contributed by atoms with van der Waals surface area (Å²) in [5.74, 6) is -0.404. The maximum atomic E-state index is 13.7. The van der Waals surface area contributed by atoms with Gasteiger partial charge in [0.15, 0.2) is 0 Å². The Hall–Kier alpha value is -5.37. The number of hydrogen-bond donors (Lipinski definition) is 2. The Balaban J connectivity index is 1.18. The lowest BCUT2D eigenvalue weighted by atomic mass is 9.98. The molecule has 0 spiro atoms. The van der Waals surface area contributed by atoms with Gasteiger partial charge in [-0.15, -0.1) is 0 Å². The van der Waals surface area contributed by atoms with Gasteiger partial charge in [0.1, 0.15) is 18.2 Å². The van der Waals surface area contributed by atoms with Crippen LogP contribution in [0.4, 0.5) is 9.59 Å². The maximum absolute atomic E-state index is 13.7. The van der Waals surface area contributed by atoms with Crippen molar-refractivity contribution < 1.29 is 23.9 Å². The number of amides is 2. The van der Waals surface area contributed by atoms with Crippen LogP contribution in [-0.2, 0) is 20.7 Å². The first-order valence-electron chi connectivity index (χ1n) is 16.4. The van der Waals surface area contributed by atoms with Gasteiger partial charge in [0.25, 0.3) is 0 Å². The van der Waals surface area contributed by atoms with Gasteiger partial charge in [-0.05, 0) is 86.1 Å². The maximum Gasteiger partial charge on any atom is 0.418 e. The Labute approximate surface area is 281 Å². The van der Waals surface area contributed by atoms with Crippen LogP contribution in [-0.4, -0.2) is 40.9 Å². The zero-order valence-corrected chi connectivity index (χ0v) is 27.7. The number of rotatable bonds is 9. The van der Waals surface area contributed by atoms with Gasteiger partial charge in [-0.25, -0.2) is 9.59 Å². The molecular weight excluding hydrogens is 602 g/mol. The van der Waals surface area contributed by atoms with Crippen molar-refractivity contribution in [2.75, 3.05) is 6.61 Å². The minimum Gasteiger partial charge on any atom is -0.449 e. The largest absolute Gasteiger partial charge is 0.449 e. The van der Waals surface area contributed by atoms with Crippen molar-refractivity contribution in [3.05, 3.63) is 132 Å². The smallest absolute Gasteiger partial charge is 0.418 e. The lowest BCUT2D eigenvalue weighted by molar-refractivity contribution is -0.123. The quantitative estimate of drug-likeness (QED) is 0.169. The molecule has 6 rings (SSSR count). The first-order valence-corrected chi connectivity index (χ1v) is 16.4. The number of alkyl carbamates (subject to hydrolysis) is 1. The molecule has 1 aliphatic carbocycles. The Morgan fingerprint density at radius 3 is 2.10 bits per heavy atom. The van der Waals surface area contributed by atoms with E-state index in [1.807, 2.05) is 107 Å². The molecule has 8 heteroatoms. The number of nitrogens with zero attached hydrogens (tertiary/aromatic N) is 1. The second-order valence-electron chi connectivity index (χ2n) is 13.2. The summed E-state index contributed by atoms with van der Waals surface area (Å²) >= 11 is 0. The van der Waals surface area contributed by atoms with Gasteiger partial charge in [0.2, 0.25) is 5.91 Å². The fraction of sp³-hybridized carbons (Fsp3) is 0.275. The zero-order valence-electron chi connectivity index (χ0n) is 27.7. The average molecular weight is 644 g/mol. The van der Waals surface area contributed by atoms with Crippen molar-refractivity contribution in [2.45, 2.75) is 64.1 Å². The van der Waals surface area contributed by atoms with E-state index >= 15 is 0 Å². The number of hydrogen-bond acceptors (Lipinski definition) is 5. The van der Waals surface area contributed by atoms with Gasteiger partial charge in [0.05, 0.1) is 11.6 Å². The van der Waals surface area contributed by atoms with Crippen LogP contribution in [0.1, 0.15) is 68.3 Å². The summed E-state index contributed by atoms with van der Waals surface area (Å²) in [6, 6.07) is 32.5. The molecule has 1 aromatic heterocycles. The second-order valence-corrected chi connectivity index (χ2v) is 13.2. The molecule has 246 valence electrons. The van der Waals surface area contributed by atoms with Gasteiger partial charge in [0, 0.05) is 17.5 Å². The van der Waals surface area contributed by atoms with Crippen LogP contribution in [0.5, 0.6) is 0 Å². The minimum absolute atomic E-state index is 0.0971. The fourth-order valence-electron chi connectivity index (χ4n) is 6.41. The number of benzene rings is 4. The molecule has 2 N–H and O–H groups in total. The van der Waals surface area contributed by atoms with Gasteiger partial charge >= 0.3 is 12.2 Å². The van der Waals surface area contributed by atoms with Crippen molar-refractivity contribution in [3.63, 3.8) is 0 Å². The van der Waals surface area contributed by atoms with Gasteiger partial charge in [-0.3, -0.25) is 9.36 Å². The molecule has 0 radical (unpaired) electrons. The summed E-state index contributed by atoms with van der Waals surface area (Å²) in [6.45, 7) is 7.55. The molecule has 0 unspecified atom stereocenters. The monoisotopic (exact) mass is 643 g/mol.